The number of aryl methyl sites for hydroxylation is 2. The second-order valence-corrected chi connectivity index (χ2v) is 5.25. The fraction of sp³-hybridized carbons (Fsp3) is 0.412. The van der Waals surface area contributed by atoms with Crippen molar-refractivity contribution in [3.8, 4) is 5.69 Å². The molecule has 0 saturated carbocycles. The number of benzene rings is 1. The molecular weight excluding hydrogens is 232 g/mol. The van der Waals surface area contributed by atoms with E-state index in [1.807, 2.05) is 0 Å². The summed E-state index contributed by atoms with van der Waals surface area (Å²) in [5.74, 6) is 0. The van der Waals surface area contributed by atoms with E-state index in [1.165, 1.54) is 34.6 Å². The van der Waals surface area contributed by atoms with E-state index in [4.69, 9.17) is 0 Å². The van der Waals surface area contributed by atoms with Gasteiger partial charge in [0.05, 0.1) is 0 Å². The second kappa shape index (κ2) is 6.07. The van der Waals surface area contributed by atoms with Gasteiger partial charge in [0.1, 0.15) is 0 Å². The Bertz CT molecular complexity index is 552. The third-order valence-electron chi connectivity index (χ3n) is 3.54. The van der Waals surface area contributed by atoms with E-state index in [0.29, 0.717) is 0 Å². The zero-order valence-electron chi connectivity index (χ0n) is 12.5. The SMILES string of the molecule is CCCNCc1cc(C)n(-c2cccc(C)c2)c1C. The normalized spacial score (nSPS) is 10.9. The summed E-state index contributed by atoms with van der Waals surface area (Å²) in [6.07, 6.45) is 1.18. The molecule has 0 aliphatic heterocycles. The summed E-state index contributed by atoms with van der Waals surface area (Å²) in [7, 11) is 0. The lowest BCUT2D eigenvalue weighted by Crippen LogP contribution is -2.14. The predicted octanol–water partition coefficient (Wildman–Crippen LogP) is 3.90. The molecule has 2 nitrogen and oxygen atoms in total. The van der Waals surface area contributed by atoms with Crippen molar-refractivity contribution in [1.29, 1.82) is 0 Å². The van der Waals surface area contributed by atoms with Crippen LogP contribution in [0.5, 0.6) is 0 Å². The number of hydrogen-bond acceptors (Lipinski definition) is 1. The molecule has 1 aromatic carbocycles. The Kier molecular flexibility index (Phi) is 4.43. The standard InChI is InChI=1S/C17H24N2/c1-5-9-18-12-16-11-14(3)19(15(16)4)17-8-6-7-13(2)10-17/h6-8,10-11,18H,5,9,12H2,1-4H3. The van der Waals surface area contributed by atoms with Gasteiger partial charge in [0.2, 0.25) is 0 Å². The minimum atomic E-state index is 0.958. The van der Waals surface area contributed by atoms with Gasteiger partial charge in [-0.3, -0.25) is 0 Å². The van der Waals surface area contributed by atoms with Crippen molar-refractivity contribution in [2.75, 3.05) is 6.54 Å². The van der Waals surface area contributed by atoms with Crippen molar-refractivity contribution >= 4 is 0 Å². The van der Waals surface area contributed by atoms with Crippen molar-refractivity contribution in [3.63, 3.8) is 0 Å². The number of rotatable bonds is 5. The Balaban J connectivity index is 2.31. The molecule has 0 bridgehead atoms. The van der Waals surface area contributed by atoms with E-state index in [2.05, 4.69) is 67.9 Å². The Morgan fingerprint density at radius 2 is 1.89 bits per heavy atom. The maximum Gasteiger partial charge on any atom is 0.0457 e. The number of nitrogens with one attached hydrogen (secondary N) is 1. The van der Waals surface area contributed by atoms with Crippen molar-refractivity contribution in [2.45, 2.75) is 40.7 Å². The van der Waals surface area contributed by atoms with Gasteiger partial charge in [-0.25, -0.2) is 0 Å². The van der Waals surface area contributed by atoms with Crippen LogP contribution in [-0.4, -0.2) is 11.1 Å². The lowest BCUT2D eigenvalue weighted by atomic mass is 10.2. The molecule has 2 aromatic rings. The predicted molar refractivity (Wildman–Crippen MR) is 82.0 cm³/mol. The van der Waals surface area contributed by atoms with Crippen LogP contribution < -0.4 is 5.32 Å². The van der Waals surface area contributed by atoms with Crippen LogP contribution >= 0.6 is 0 Å². The first-order chi connectivity index (χ1) is 9.13. The van der Waals surface area contributed by atoms with Gasteiger partial charge in [-0.05, 0) is 63.1 Å². The van der Waals surface area contributed by atoms with Crippen LogP contribution in [0.1, 0.15) is 35.9 Å². The summed E-state index contributed by atoms with van der Waals surface area (Å²) in [6.45, 7) is 10.8. The lowest BCUT2D eigenvalue weighted by molar-refractivity contribution is 0.672. The zero-order chi connectivity index (χ0) is 13.8. The van der Waals surface area contributed by atoms with Crippen LogP contribution in [0, 0.1) is 20.8 Å². The molecule has 102 valence electrons. The van der Waals surface area contributed by atoms with Crippen LogP contribution in [-0.2, 0) is 6.54 Å². The fourth-order valence-electron chi connectivity index (χ4n) is 2.57. The highest BCUT2D eigenvalue weighted by Gasteiger charge is 2.10. The maximum absolute atomic E-state index is 3.48. The first-order valence-corrected chi connectivity index (χ1v) is 7.09. The third kappa shape index (κ3) is 3.07. The first-order valence-electron chi connectivity index (χ1n) is 7.09. The van der Waals surface area contributed by atoms with E-state index < -0.39 is 0 Å². The van der Waals surface area contributed by atoms with Gasteiger partial charge in [-0.2, -0.15) is 0 Å². The third-order valence-corrected chi connectivity index (χ3v) is 3.54. The summed E-state index contributed by atoms with van der Waals surface area (Å²) in [5, 5.41) is 3.48. The smallest absolute Gasteiger partial charge is 0.0457 e. The summed E-state index contributed by atoms with van der Waals surface area (Å²) in [6, 6.07) is 11.0. The molecule has 1 N–H and O–H groups in total. The minimum absolute atomic E-state index is 0.958. The molecule has 0 radical (unpaired) electrons. The molecule has 2 heteroatoms. The molecule has 0 unspecified atom stereocenters. The number of hydrogen-bond donors (Lipinski definition) is 1. The number of aromatic nitrogens is 1. The van der Waals surface area contributed by atoms with E-state index in [1.54, 1.807) is 0 Å². The second-order valence-electron chi connectivity index (χ2n) is 5.25. The van der Waals surface area contributed by atoms with E-state index in [-0.39, 0.29) is 0 Å². The zero-order valence-corrected chi connectivity index (χ0v) is 12.5. The van der Waals surface area contributed by atoms with Crippen molar-refractivity contribution in [3.05, 3.63) is 52.8 Å². The van der Waals surface area contributed by atoms with E-state index in [9.17, 15) is 0 Å². The van der Waals surface area contributed by atoms with Crippen LogP contribution in [0.25, 0.3) is 5.69 Å². The monoisotopic (exact) mass is 256 g/mol. The van der Waals surface area contributed by atoms with Gasteiger partial charge < -0.3 is 9.88 Å². The maximum atomic E-state index is 3.48. The Morgan fingerprint density at radius 3 is 2.58 bits per heavy atom. The molecule has 0 amide bonds. The van der Waals surface area contributed by atoms with Gasteiger partial charge in [-0.1, -0.05) is 19.1 Å². The van der Waals surface area contributed by atoms with Crippen molar-refractivity contribution in [2.24, 2.45) is 0 Å². The minimum Gasteiger partial charge on any atom is -0.318 e. The van der Waals surface area contributed by atoms with E-state index >= 15 is 0 Å². The van der Waals surface area contributed by atoms with Crippen molar-refractivity contribution in [1.82, 2.24) is 9.88 Å². The largest absolute Gasteiger partial charge is 0.318 e. The van der Waals surface area contributed by atoms with Crippen LogP contribution in [0.4, 0.5) is 0 Å². The highest BCUT2D eigenvalue weighted by Crippen LogP contribution is 2.21. The average Bonchev–Trinajstić information content (AvgIpc) is 2.65. The molecule has 0 aliphatic rings. The van der Waals surface area contributed by atoms with Gasteiger partial charge in [-0.15, -0.1) is 0 Å². The molecule has 0 atom stereocenters. The van der Waals surface area contributed by atoms with E-state index in [0.717, 1.165) is 13.1 Å². The summed E-state index contributed by atoms with van der Waals surface area (Å²) >= 11 is 0. The summed E-state index contributed by atoms with van der Waals surface area (Å²) in [4.78, 5) is 0. The molecule has 0 aliphatic carbocycles. The van der Waals surface area contributed by atoms with Gasteiger partial charge >= 0.3 is 0 Å². The molecule has 0 spiro atoms. The highest BCUT2D eigenvalue weighted by atomic mass is 15.0. The molecule has 0 fully saturated rings. The van der Waals surface area contributed by atoms with Gasteiger partial charge in [0, 0.05) is 23.6 Å². The first kappa shape index (κ1) is 13.9. The summed E-state index contributed by atoms with van der Waals surface area (Å²) < 4.78 is 2.34. The van der Waals surface area contributed by atoms with Gasteiger partial charge in [0.25, 0.3) is 0 Å². The molecule has 19 heavy (non-hydrogen) atoms. The Morgan fingerprint density at radius 1 is 1.11 bits per heavy atom. The fourth-order valence-corrected chi connectivity index (χ4v) is 2.57. The number of nitrogens with zero attached hydrogens (tertiary/aromatic N) is 1. The summed E-state index contributed by atoms with van der Waals surface area (Å²) in [5.41, 5.74) is 6.60. The molecule has 2 rings (SSSR count). The van der Waals surface area contributed by atoms with Crippen LogP contribution in [0.15, 0.2) is 30.3 Å². The average molecular weight is 256 g/mol. The quantitative estimate of drug-likeness (QED) is 0.803. The molecule has 1 aromatic heterocycles. The van der Waals surface area contributed by atoms with Gasteiger partial charge in [0.15, 0.2) is 0 Å². The molecular formula is C17H24N2. The molecule has 1 heterocycles. The topological polar surface area (TPSA) is 17.0 Å². The Labute approximate surface area is 116 Å². The Hall–Kier alpha value is -1.54. The molecule has 0 saturated heterocycles. The van der Waals surface area contributed by atoms with Crippen LogP contribution in [0.3, 0.4) is 0 Å². The highest BCUT2D eigenvalue weighted by molar-refractivity contribution is 5.42. The lowest BCUT2D eigenvalue weighted by Gasteiger charge is -2.11. The van der Waals surface area contributed by atoms with Crippen LogP contribution in [0.2, 0.25) is 0 Å². The van der Waals surface area contributed by atoms with Crippen molar-refractivity contribution < 1.29 is 0 Å².